The van der Waals surface area contributed by atoms with Crippen molar-refractivity contribution in [2.45, 2.75) is 70.4 Å². The number of rotatable bonds is 20. The first-order chi connectivity index (χ1) is 18.8. The summed E-state index contributed by atoms with van der Waals surface area (Å²) in [5.74, 6) is -2.16. The molecule has 0 aliphatic carbocycles. The zero-order chi connectivity index (χ0) is 28.9. The number of carbonyl (C=O) groups is 5. The third kappa shape index (κ3) is 15.5. The fraction of sp³-hybridized carbons (Fsp3) is 0.593. The van der Waals surface area contributed by atoms with Gasteiger partial charge < -0.3 is 38.1 Å². The highest BCUT2D eigenvalue weighted by atomic mass is 16.2. The van der Waals surface area contributed by atoms with Crippen LogP contribution >= 0.6 is 0 Å². The van der Waals surface area contributed by atoms with E-state index in [2.05, 4.69) is 26.6 Å². The molecule has 5 amide bonds. The summed E-state index contributed by atoms with van der Waals surface area (Å²) < 4.78 is 0. The van der Waals surface area contributed by atoms with Gasteiger partial charge in [0, 0.05) is 19.4 Å². The molecule has 2 atom stereocenters. The predicted molar refractivity (Wildman–Crippen MR) is 149 cm³/mol. The van der Waals surface area contributed by atoms with E-state index in [1.807, 2.05) is 30.3 Å². The van der Waals surface area contributed by atoms with Gasteiger partial charge in [0.25, 0.3) is 0 Å². The van der Waals surface area contributed by atoms with Crippen molar-refractivity contribution in [1.82, 2.24) is 26.6 Å². The van der Waals surface area contributed by atoms with Crippen LogP contribution in [-0.4, -0.2) is 74.3 Å². The highest BCUT2D eigenvalue weighted by Gasteiger charge is 2.22. The first kappa shape index (κ1) is 33.5. The number of nitrogens with one attached hydrogen (secondary N) is 5. The minimum absolute atomic E-state index is 0.238. The number of hydrogen-bond acceptors (Lipinski definition) is 7. The van der Waals surface area contributed by atoms with Crippen LogP contribution in [-0.2, 0) is 30.4 Å². The van der Waals surface area contributed by atoms with Gasteiger partial charge in [0.2, 0.25) is 29.5 Å². The van der Waals surface area contributed by atoms with Gasteiger partial charge in [-0.3, -0.25) is 24.0 Å². The Morgan fingerprint density at radius 1 is 0.692 bits per heavy atom. The quantitative estimate of drug-likeness (QED) is 0.104. The Bertz CT molecular complexity index is 898. The lowest BCUT2D eigenvalue weighted by molar-refractivity contribution is -0.131. The van der Waals surface area contributed by atoms with E-state index in [1.54, 1.807) is 6.92 Å². The fourth-order valence-corrected chi connectivity index (χ4v) is 3.77. The molecule has 1 rings (SSSR count). The second kappa shape index (κ2) is 20.5. The van der Waals surface area contributed by atoms with Crippen molar-refractivity contribution in [3.8, 4) is 0 Å². The van der Waals surface area contributed by atoms with Gasteiger partial charge in [-0.1, -0.05) is 36.8 Å². The zero-order valence-electron chi connectivity index (χ0n) is 22.9. The second-order valence-corrected chi connectivity index (χ2v) is 9.20. The van der Waals surface area contributed by atoms with Crippen molar-refractivity contribution < 1.29 is 24.0 Å². The Morgan fingerprint density at radius 2 is 1.31 bits per heavy atom. The Morgan fingerprint density at radius 3 is 1.97 bits per heavy atom. The first-order valence-corrected chi connectivity index (χ1v) is 13.7. The van der Waals surface area contributed by atoms with Crippen LogP contribution in [0.3, 0.4) is 0 Å². The molecule has 0 unspecified atom stereocenters. The van der Waals surface area contributed by atoms with Crippen LogP contribution in [0.15, 0.2) is 30.3 Å². The number of carbonyl (C=O) groups excluding carboxylic acids is 5. The molecule has 0 aliphatic heterocycles. The lowest BCUT2D eigenvalue weighted by Gasteiger charge is -2.19. The SMILES string of the molecule is CCNC(=O)[C@H](Cc1ccccc1)NC(=O)CNC(=O)CNC(=O)[C@H](CCCCN)NC(=O)CCCCCN. The van der Waals surface area contributed by atoms with E-state index in [0.29, 0.717) is 51.7 Å². The Balaban J connectivity index is 2.54. The van der Waals surface area contributed by atoms with E-state index in [4.69, 9.17) is 11.5 Å². The molecule has 218 valence electrons. The maximum Gasteiger partial charge on any atom is 0.243 e. The van der Waals surface area contributed by atoms with Gasteiger partial charge in [-0.05, 0) is 57.7 Å². The highest BCUT2D eigenvalue weighted by Crippen LogP contribution is 2.05. The third-order valence-corrected chi connectivity index (χ3v) is 5.86. The molecule has 0 aliphatic rings. The number of unbranched alkanes of at least 4 members (excludes halogenated alkanes) is 3. The highest BCUT2D eigenvalue weighted by molar-refractivity contribution is 5.92. The lowest BCUT2D eigenvalue weighted by Crippen LogP contribution is -2.52. The van der Waals surface area contributed by atoms with Crippen LogP contribution in [0.5, 0.6) is 0 Å². The first-order valence-electron chi connectivity index (χ1n) is 13.7. The van der Waals surface area contributed by atoms with Crippen molar-refractivity contribution in [2.75, 3.05) is 32.7 Å². The maximum absolute atomic E-state index is 12.7. The van der Waals surface area contributed by atoms with Crippen molar-refractivity contribution in [1.29, 1.82) is 0 Å². The summed E-state index contributed by atoms with van der Waals surface area (Å²) in [5.41, 5.74) is 11.9. The van der Waals surface area contributed by atoms with Gasteiger partial charge in [0.15, 0.2) is 0 Å². The molecule has 1 aromatic carbocycles. The summed E-state index contributed by atoms with van der Waals surface area (Å²) in [5, 5.41) is 13.0. The number of benzene rings is 1. The minimum Gasteiger partial charge on any atom is -0.355 e. The van der Waals surface area contributed by atoms with Crippen molar-refractivity contribution in [3.05, 3.63) is 35.9 Å². The second-order valence-electron chi connectivity index (χ2n) is 9.20. The minimum atomic E-state index is -0.801. The van der Waals surface area contributed by atoms with Crippen LogP contribution in [0.4, 0.5) is 0 Å². The summed E-state index contributed by atoms with van der Waals surface area (Å²) in [4.78, 5) is 62.1. The van der Waals surface area contributed by atoms with Crippen molar-refractivity contribution >= 4 is 29.5 Å². The van der Waals surface area contributed by atoms with E-state index >= 15 is 0 Å². The topological polar surface area (TPSA) is 198 Å². The third-order valence-electron chi connectivity index (χ3n) is 5.86. The van der Waals surface area contributed by atoms with E-state index < -0.39 is 29.8 Å². The van der Waals surface area contributed by atoms with Gasteiger partial charge in [0.05, 0.1) is 13.1 Å². The predicted octanol–water partition coefficient (Wildman–Crippen LogP) is -0.785. The number of nitrogens with two attached hydrogens (primary N) is 2. The van der Waals surface area contributed by atoms with E-state index in [1.165, 1.54) is 0 Å². The van der Waals surface area contributed by atoms with Crippen molar-refractivity contribution in [3.63, 3.8) is 0 Å². The van der Waals surface area contributed by atoms with E-state index in [-0.39, 0.29) is 31.3 Å². The summed E-state index contributed by atoms with van der Waals surface area (Å²) in [7, 11) is 0. The number of hydrogen-bond donors (Lipinski definition) is 7. The normalized spacial score (nSPS) is 12.1. The van der Waals surface area contributed by atoms with E-state index in [9.17, 15) is 24.0 Å². The van der Waals surface area contributed by atoms with E-state index in [0.717, 1.165) is 18.4 Å². The van der Waals surface area contributed by atoms with Crippen LogP contribution < -0.4 is 38.1 Å². The molecule has 0 fully saturated rings. The average molecular weight is 548 g/mol. The standard InChI is InChI=1S/C27H45N7O5/c1-2-30-27(39)22(17-20-11-5-3-6-12-20)34-25(37)19-31-24(36)18-32-26(38)21(13-8-10-16-29)33-23(35)14-7-4-9-15-28/h3,5-6,11-12,21-22H,2,4,7-10,13-19,28-29H2,1H3,(H,30,39)(H,31,36)(H,32,38)(H,33,35)(H,34,37)/t21-,22-/m0/s1. The van der Waals surface area contributed by atoms with Gasteiger partial charge in [-0.25, -0.2) is 0 Å². The fourth-order valence-electron chi connectivity index (χ4n) is 3.77. The summed E-state index contributed by atoms with van der Waals surface area (Å²) >= 11 is 0. The number of likely N-dealkylation sites (N-methyl/N-ethyl adjacent to an activating group) is 1. The average Bonchev–Trinajstić information content (AvgIpc) is 2.92. The molecule has 0 aromatic heterocycles. The van der Waals surface area contributed by atoms with Crippen LogP contribution in [0.25, 0.3) is 0 Å². The monoisotopic (exact) mass is 547 g/mol. The molecule has 0 bridgehead atoms. The van der Waals surface area contributed by atoms with Gasteiger partial charge in [0.1, 0.15) is 12.1 Å². The summed E-state index contributed by atoms with van der Waals surface area (Å²) in [6.45, 7) is 2.51. The van der Waals surface area contributed by atoms with Crippen molar-refractivity contribution in [2.24, 2.45) is 11.5 Å². The Labute approximate surface area is 230 Å². The molecule has 9 N–H and O–H groups in total. The van der Waals surface area contributed by atoms with Gasteiger partial charge in [-0.2, -0.15) is 0 Å². The smallest absolute Gasteiger partial charge is 0.243 e. The molecular weight excluding hydrogens is 502 g/mol. The molecule has 1 aromatic rings. The molecule has 12 nitrogen and oxygen atoms in total. The molecule has 39 heavy (non-hydrogen) atoms. The maximum atomic E-state index is 12.7. The number of amides is 5. The lowest BCUT2D eigenvalue weighted by atomic mass is 10.1. The molecule has 12 heteroatoms. The van der Waals surface area contributed by atoms with Crippen LogP contribution in [0.2, 0.25) is 0 Å². The largest absolute Gasteiger partial charge is 0.355 e. The molecular formula is C27H45N7O5. The molecule has 0 saturated heterocycles. The summed E-state index contributed by atoms with van der Waals surface area (Å²) in [6, 6.07) is 7.68. The van der Waals surface area contributed by atoms with Gasteiger partial charge in [-0.15, -0.1) is 0 Å². The Hall–Kier alpha value is -3.51. The summed E-state index contributed by atoms with van der Waals surface area (Å²) in [6.07, 6.45) is 4.67. The van der Waals surface area contributed by atoms with Gasteiger partial charge >= 0.3 is 0 Å². The zero-order valence-corrected chi connectivity index (χ0v) is 22.9. The molecule has 0 spiro atoms. The van der Waals surface area contributed by atoms with Crippen LogP contribution in [0, 0.1) is 0 Å². The van der Waals surface area contributed by atoms with Crippen LogP contribution in [0.1, 0.15) is 57.4 Å². The molecule has 0 heterocycles. The molecule has 0 saturated carbocycles. The molecule has 0 radical (unpaired) electrons. The Kier molecular flexibility index (Phi) is 17.6.